The molecule has 2 aliphatic carbocycles. The Bertz CT molecular complexity index is 571. The zero-order valence-corrected chi connectivity index (χ0v) is 19.4. The van der Waals surface area contributed by atoms with E-state index in [1.54, 1.807) is 6.92 Å². The highest BCUT2D eigenvalue weighted by Gasteiger charge is 2.49. The van der Waals surface area contributed by atoms with E-state index < -0.39 is 6.43 Å². The van der Waals surface area contributed by atoms with E-state index in [-0.39, 0.29) is 36.4 Å². The molecule has 0 aromatic rings. The van der Waals surface area contributed by atoms with Crippen LogP contribution in [0.3, 0.4) is 0 Å². The van der Waals surface area contributed by atoms with Crippen LogP contribution in [0.2, 0.25) is 0 Å². The quantitative estimate of drug-likeness (QED) is 0.696. The van der Waals surface area contributed by atoms with Gasteiger partial charge in [-0.15, -0.1) is 0 Å². The van der Waals surface area contributed by atoms with Gasteiger partial charge in [-0.05, 0) is 64.5 Å². The summed E-state index contributed by atoms with van der Waals surface area (Å²) in [5, 5.41) is 3.34. The maximum absolute atomic E-state index is 12.9. The highest BCUT2D eigenvalue weighted by molar-refractivity contribution is 5.82. The fourth-order valence-corrected chi connectivity index (χ4v) is 5.35. The molecule has 2 amide bonds. The highest BCUT2D eigenvalue weighted by Crippen LogP contribution is 2.41. The lowest BCUT2D eigenvalue weighted by atomic mass is 9.72. The van der Waals surface area contributed by atoms with Crippen molar-refractivity contribution in [1.29, 1.82) is 0 Å². The van der Waals surface area contributed by atoms with Gasteiger partial charge in [-0.1, -0.05) is 20.3 Å². The van der Waals surface area contributed by atoms with Crippen LogP contribution in [-0.2, 0) is 9.59 Å². The molecule has 3 aliphatic rings. The van der Waals surface area contributed by atoms with Crippen molar-refractivity contribution in [2.45, 2.75) is 97.2 Å². The van der Waals surface area contributed by atoms with E-state index in [0.717, 1.165) is 32.2 Å². The molecule has 5 nitrogen and oxygen atoms in total. The Labute approximate surface area is 180 Å². The van der Waals surface area contributed by atoms with Crippen LogP contribution >= 0.6 is 0 Å². The summed E-state index contributed by atoms with van der Waals surface area (Å²) in [7, 11) is 2.02. The van der Waals surface area contributed by atoms with Gasteiger partial charge in [-0.3, -0.25) is 9.59 Å². The Kier molecular flexibility index (Phi) is 9.51. The molecule has 1 N–H and O–H groups in total. The monoisotopic (exact) mass is 429 g/mol. The number of carbonyl (C=O) groups excluding carboxylic acids is 2. The Balaban J connectivity index is 0.000000575. The molecule has 0 aromatic heterocycles. The Morgan fingerprint density at radius 1 is 1.07 bits per heavy atom. The van der Waals surface area contributed by atoms with Gasteiger partial charge in [-0.2, -0.15) is 0 Å². The Hall–Kier alpha value is -1.24. The molecule has 5 unspecified atom stereocenters. The van der Waals surface area contributed by atoms with Crippen molar-refractivity contribution in [3.05, 3.63) is 0 Å². The Morgan fingerprint density at radius 3 is 2.17 bits per heavy atom. The largest absolute Gasteiger partial charge is 0.335 e. The molecule has 0 aromatic carbocycles. The molecule has 0 radical (unpaired) electrons. The number of hydrogen-bond acceptors (Lipinski definition) is 3. The maximum atomic E-state index is 12.9. The Morgan fingerprint density at radius 2 is 1.70 bits per heavy atom. The molecule has 3 fully saturated rings. The average molecular weight is 430 g/mol. The summed E-state index contributed by atoms with van der Waals surface area (Å²) >= 11 is 0. The third kappa shape index (κ3) is 6.14. The number of rotatable bonds is 6. The van der Waals surface area contributed by atoms with Crippen molar-refractivity contribution in [3.63, 3.8) is 0 Å². The van der Waals surface area contributed by atoms with Crippen molar-refractivity contribution < 1.29 is 18.4 Å². The molecule has 0 bridgehead atoms. The van der Waals surface area contributed by atoms with Crippen LogP contribution in [0.4, 0.5) is 8.78 Å². The molecule has 1 aliphatic heterocycles. The second-order valence-corrected chi connectivity index (χ2v) is 9.27. The predicted octanol–water partition coefficient (Wildman–Crippen LogP) is 3.92. The summed E-state index contributed by atoms with van der Waals surface area (Å²) in [6.45, 7) is 9.27. The topological polar surface area (TPSA) is 52.7 Å². The molecular formula is C23H41F2N3O2. The first-order chi connectivity index (χ1) is 14.2. The molecule has 30 heavy (non-hydrogen) atoms. The minimum Gasteiger partial charge on any atom is -0.335 e. The standard InChI is InChI=1S/C20H35N3O2.C3H6F2/c1-5-15(11-21-4)17-8-9-18-19(10-17)22(20(25)16-6-7-16)12-13(2)23(18)14(3)24;1-2-3(4)5/h13,15-19,21H,5-12H2,1-4H3;3H,2H2,1H3. The molecule has 3 rings (SSSR count). The van der Waals surface area contributed by atoms with Crippen LogP contribution in [0, 0.1) is 17.8 Å². The van der Waals surface area contributed by atoms with E-state index in [1.165, 1.54) is 19.8 Å². The third-order valence-corrected chi connectivity index (χ3v) is 7.05. The fourth-order valence-electron chi connectivity index (χ4n) is 5.35. The smallest absolute Gasteiger partial charge is 0.238 e. The van der Waals surface area contributed by atoms with Crippen molar-refractivity contribution in [2.75, 3.05) is 20.1 Å². The normalized spacial score (nSPS) is 29.7. The first kappa shape index (κ1) is 25.0. The summed E-state index contributed by atoms with van der Waals surface area (Å²) in [5.41, 5.74) is 0. The number of hydrogen-bond donors (Lipinski definition) is 1. The minimum absolute atomic E-state index is 0.0278. The van der Waals surface area contributed by atoms with Gasteiger partial charge in [0, 0.05) is 31.8 Å². The predicted molar refractivity (Wildman–Crippen MR) is 115 cm³/mol. The van der Waals surface area contributed by atoms with E-state index in [1.807, 2.05) is 7.05 Å². The first-order valence-electron chi connectivity index (χ1n) is 11.8. The van der Waals surface area contributed by atoms with Gasteiger partial charge in [-0.25, -0.2) is 8.78 Å². The number of nitrogens with zero attached hydrogens (tertiary/aromatic N) is 2. The first-order valence-corrected chi connectivity index (χ1v) is 11.8. The average Bonchev–Trinajstić information content (AvgIpc) is 3.56. The van der Waals surface area contributed by atoms with Gasteiger partial charge >= 0.3 is 0 Å². The SMILES string of the molecule is CCC(CNC)C1CCC2C(C1)N(C(=O)C1CC1)CC(C)N2C(C)=O.CCC(F)F. The zero-order valence-electron chi connectivity index (χ0n) is 19.4. The van der Waals surface area contributed by atoms with Crippen LogP contribution in [-0.4, -0.2) is 66.3 Å². The molecule has 7 heteroatoms. The molecule has 2 saturated carbocycles. The summed E-state index contributed by atoms with van der Waals surface area (Å²) in [6, 6.07) is 0.572. The van der Waals surface area contributed by atoms with Gasteiger partial charge in [0.05, 0.1) is 12.1 Å². The van der Waals surface area contributed by atoms with Crippen molar-refractivity contribution in [3.8, 4) is 0 Å². The van der Waals surface area contributed by atoms with E-state index in [0.29, 0.717) is 24.3 Å². The van der Waals surface area contributed by atoms with E-state index in [2.05, 4.69) is 29.0 Å². The molecule has 0 spiro atoms. The van der Waals surface area contributed by atoms with E-state index >= 15 is 0 Å². The summed E-state index contributed by atoms with van der Waals surface area (Å²) in [5.74, 6) is 2.09. The van der Waals surface area contributed by atoms with Gasteiger partial charge in [0.2, 0.25) is 18.2 Å². The number of alkyl halides is 2. The second kappa shape index (κ2) is 11.4. The number of halogens is 2. The van der Waals surface area contributed by atoms with E-state index in [4.69, 9.17) is 0 Å². The van der Waals surface area contributed by atoms with Crippen LogP contribution in [0.25, 0.3) is 0 Å². The van der Waals surface area contributed by atoms with Gasteiger partial charge in [0.25, 0.3) is 0 Å². The number of piperazine rings is 1. The maximum Gasteiger partial charge on any atom is 0.238 e. The minimum atomic E-state index is -2.12. The number of amides is 2. The zero-order chi connectivity index (χ0) is 22.4. The number of carbonyl (C=O) groups is 2. The van der Waals surface area contributed by atoms with Gasteiger partial charge in [0.1, 0.15) is 0 Å². The second-order valence-electron chi connectivity index (χ2n) is 9.27. The lowest BCUT2D eigenvalue weighted by Crippen LogP contribution is -2.67. The number of fused-ring (bicyclic) bond motifs is 1. The van der Waals surface area contributed by atoms with Crippen molar-refractivity contribution in [2.24, 2.45) is 17.8 Å². The highest BCUT2D eigenvalue weighted by atomic mass is 19.3. The molecule has 1 heterocycles. The van der Waals surface area contributed by atoms with Crippen LogP contribution in [0.5, 0.6) is 0 Å². The van der Waals surface area contributed by atoms with E-state index in [9.17, 15) is 18.4 Å². The lowest BCUT2D eigenvalue weighted by molar-refractivity contribution is -0.155. The fraction of sp³-hybridized carbons (Fsp3) is 0.913. The molecule has 1 saturated heterocycles. The molecule has 174 valence electrons. The molecule has 5 atom stereocenters. The summed E-state index contributed by atoms with van der Waals surface area (Å²) in [4.78, 5) is 29.4. The van der Waals surface area contributed by atoms with Crippen LogP contribution in [0.1, 0.15) is 72.6 Å². The van der Waals surface area contributed by atoms with Crippen LogP contribution in [0.15, 0.2) is 0 Å². The van der Waals surface area contributed by atoms with Gasteiger partial charge in [0.15, 0.2) is 0 Å². The number of nitrogens with one attached hydrogen (secondary N) is 1. The van der Waals surface area contributed by atoms with Crippen LogP contribution < -0.4 is 5.32 Å². The summed E-state index contributed by atoms with van der Waals surface area (Å²) < 4.78 is 21.5. The third-order valence-electron chi connectivity index (χ3n) is 7.05. The molecular weight excluding hydrogens is 388 g/mol. The summed E-state index contributed by atoms with van der Waals surface area (Å²) in [6.07, 6.45) is 4.40. The van der Waals surface area contributed by atoms with Crippen molar-refractivity contribution in [1.82, 2.24) is 15.1 Å². The lowest BCUT2D eigenvalue weighted by Gasteiger charge is -2.54. The van der Waals surface area contributed by atoms with Crippen molar-refractivity contribution >= 4 is 11.8 Å². The van der Waals surface area contributed by atoms with Gasteiger partial charge < -0.3 is 15.1 Å².